The summed E-state index contributed by atoms with van der Waals surface area (Å²) < 4.78 is 25.3. The number of aliphatic hydroxyl groups is 1. The molecule has 2 rings (SSSR count). The molecule has 1 aliphatic rings. The van der Waals surface area contributed by atoms with Crippen molar-refractivity contribution in [3.05, 3.63) is 23.8 Å². The van der Waals surface area contributed by atoms with Crippen LogP contribution in [0.5, 0.6) is 0 Å². The van der Waals surface area contributed by atoms with Crippen LogP contribution in [0.3, 0.4) is 0 Å². The van der Waals surface area contributed by atoms with Crippen LogP contribution in [-0.2, 0) is 14.9 Å². The zero-order valence-corrected chi connectivity index (χ0v) is 12.8. The molecule has 2 heterocycles. The topological polar surface area (TPSA) is 51.6 Å². The zero-order valence-electron chi connectivity index (χ0n) is 12.8. The van der Waals surface area contributed by atoms with Crippen molar-refractivity contribution in [1.82, 2.24) is 4.98 Å². The van der Waals surface area contributed by atoms with Crippen molar-refractivity contribution in [2.75, 3.05) is 0 Å². The molecule has 0 saturated carbocycles. The zero-order chi connectivity index (χ0) is 15.3. The van der Waals surface area contributed by atoms with Crippen molar-refractivity contribution in [3.8, 4) is 0 Å². The van der Waals surface area contributed by atoms with Crippen LogP contribution in [0.2, 0.25) is 0 Å². The number of pyridine rings is 1. The summed E-state index contributed by atoms with van der Waals surface area (Å²) in [6, 6.07) is 1.31. The van der Waals surface area contributed by atoms with Gasteiger partial charge in [0.15, 0.2) is 0 Å². The molecule has 1 fully saturated rings. The molecular weight excluding hydrogens is 260 g/mol. The van der Waals surface area contributed by atoms with Crippen molar-refractivity contribution >= 4 is 12.6 Å². The monoisotopic (exact) mass is 281 g/mol. The number of rotatable bonds is 2. The molecule has 1 N–H and O–H groups in total. The summed E-state index contributed by atoms with van der Waals surface area (Å²) in [6.45, 7) is 10.9. The van der Waals surface area contributed by atoms with E-state index in [4.69, 9.17) is 9.31 Å². The standard InChI is InChI=1S/C14H21BFNO3/c1-12(2,18)11-10(7-9(16)8-17-11)15-19-13(3,4)14(5,6)20-15/h7-8,18H,1-6H3. The quantitative estimate of drug-likeness (QED) is 0.839. The van der Waals surface area contributed by atoms with Gasteiger partial charge in [0.05, 0.1) is 23.1 Å². The van der Waals surface area contributed by atoms with Crippen LogP contribution in [-0.4, -0.2) is 28.4 Å². The SMILES string of the molecule is CC(C)(O)c1ncc(F)cc1B1OC(C)(C)C(C)(C)O1. The fourth-order valence-electron chi connectivity index (χ4n) is 2.12. The third kappa shape index (κ3) is 2.60. The first kappa shape index (κ1) is 15.4. The first-order chi connectivity index (χ1) is 8.94. The third-order valence-electron chi connectivity index (χ3n) is 3.97. The van der Waals surface area contributed by atoms with E-state index in [1.165, 1.54) is 6.07 Å². The van der Waals surface area contributed by atoms with Crippen molar-refractivity contribution in [1.29, 1.82) is 0 Å². The predicted octanol–water partition coefficient (Wildman–Crippen LogP) is 1.75. The van der Waals surface area contributed by atoms with Gasteiger partial charge < -0.3 is 14.4 Å². The lowest BCUT2D eigenvalue weighted by Crippen LogP contribution is -2.41. The van der Waals surface area contributed by atoms with E-state index < -0.39 is 29.7 Å². The molecule has 1 aromatic rings. The van der Waals surface area contributed by atoms with Gasteiger partial charge in [-0.15, -0.1) is 0 Å². The summed E-state index contributed by atoms with van der Waals surface area (Å²) in [5.41, 5.74) is -1.47. The van der Waals surface area contributed by atoms with Gasteiger partial charge in [-0.1, -0.05) is 0 Å². The Morgan fingerprint density at radius 3 is 2.15 bits per heavy atom. The molecule has 0 spiro atoms. The van der Waals surface area contributed by atoms with Crippen LogP contribution in [0.4, 0.5) is 4.39 Å². The van der Waals surface area contributed by atoms with Crippen LogP contribution < -0.4 is 5.46 Å². The van der Waals surface area contributed by atoms with Crippen LogP contribution in [0, 0.1) is 5.82 Å². The Morgan fingerprint density at radius 2 is 1.70 bits per heavy atom. The maximum absolute atomic E-state index is 13.5. The summed E-state index contributed by atoms with van der Waals surface area (Å²) in [5.74, 6) is -0.484. The molecule has 0 aliphatic carbocycles. The lowest BCUT2D eigenvalue weighted by atomic mass is 9.75. The summed E-state index contributed by atoms with van der Waals surface area (Å²) in [4.78, 5) is 4.00. The van der Waals surface area contributed by atoms with Crippen LogP contribution in [0.15, 0.2) is 12.3 Å². The Morgan fingerprint density at radius 1 is 1.20 bits per heavy atom. The normalized spacial score (nSPS) is 21.3. The van der Waals surface area contributed by atoms with Crippen LogP contribution in [0.1, 0.15) is 47.2 Å². The second-order valence-corrected chi connectivity index (χ2v) is 6.74. The average molecular weight is 281 g/mol. The van der Waals surface area contributed by atoms with E-state index in [-0.39, 0.29) is 0 Å². The fraction of sp³-hybridized carbons (Fsp3) is 0.643. The highest BCUT2D eigenvalue weighted by Crippen LogP contribution is 2.37. The minimum absolute atomic E-state index is 0.359. The molecule has 6 heteroatoms. The van der Waals surface area contributed by atoms with E-state index in [0.717, 1.165) is 6.20 Å². The maximum Gasteiger partial charge on any atom is 0.496 e. The van der Waals surface area contributed by atoms with E-state index in [0.29, 0.717) is 11.2 Å². The summed E-state index contributed by atoms with van der Waals surface area (Å²) >= 11 is 0. The van der Waals surface area contributed by atoms with Crippen molar-refractivity contribution in [2.45, 2.75) is 58.3 Å². The van der Waals surface area contributed by atoms with E-state index in [1.54, 1.807) is 13.8 Å². The first-order valence-electron chi connectivity index (χ1n) is 6.68. The van der Waals surface area contributed by atoms with E-state index in [9.17, 15) is 9.50 Å². The average Bonchev–Trinajstić information content (AvgIpc) is 2.46. The van der Waals surface area contributed by atoms with Crippen molar-refractivity contribution < 1.29 is 18.8 Å². The van der Waals surface area contributed by atoms with Gasteiger partial charge >= 0.3 is 7.12 Å². The molecule has 1 saturated heterocycles. The minimum Gasteiger partial charge on any atom is -0.399 e. The second-order valence-electron chi connectivity index (χ2n) is 6.74. The molecule has 0 radical (unpaired) electrons. The van der Waals surface area contributed by atoms with Gasteiger partial charge in [0.1, 0.15) is 11.4 Å². The molecule has 0 aromatic carbocycles. The third-order valence-corrected chi connectivity index (χ3v) is 3.97. The molecule has 0 unspecified atom stereocenters. The Bertz CT molecular complexity index is 510. The summed E-state index contributed by atoms with van der Waals surface area (Å²) in [7, 11) is -0.746. The largest absolute Gasteiger partial charge is 0.496 e. The van der Waals surface area contributed by atoms with E-state index >= 15 is 0 Å². The van der Waals surface area contributed by atoms with Gasteiger partial charge in [0, 0.05) is 5.46 Å². The Hall–Kier alpha value is -0.975. The molecule has 20 heavy (non-hydrogen) atoms. The Kier molecular flexibility index (Phi) is 3.48. The molecule has 0 atom stereocenters. The van der Waals surface area contributed by atoms with Gasteiger partial charge in [-0.25, -0.2) is 4.39 Å². The second kappa shape index (κ2) is 4.51. The smallest absolute Gasteiger partial charge is 0.399 e. The lowest BCUT2D eigenvalue weighted by molar-refractivity contribution is 0.00578. The Labute approximate surface area is 119 Å². The highest BCUT2D eigenvalue weighted by molar-refractivity contribution is 6.62. The highest BCUT2D eigenvalue weighted by Gasteiger charge is 2.53. The molecule has 1 aromatic heterocycles. The Balaban J connectivity index is 2.47. The number of halogens is 1. The van der Waals surface area contributed by atoms with E-state index in [2.05, 4.69) is 4.98 Å². The predicted molar refractivity (Wildman–Crippen MR) is 75.2 cm³/mol. The molecular formula is C14H21BFNO3. The molecule has 110 valence electrons. The summed E-state index contributed by atoms with van der Waals surface area (Å²) in [5, 5.41) is 10.2. The first-order valence-corrected chi connectivity index (χ1v) is 6.68. The van der Waals surface area contributed by atoms with Crippen molar-refractivity contribution in [2.24, 2.45) is 0 Å². The minimum atomic E-state index is -1.20. The van der Waals surface area contributed by atoms with Crippen LogP contribution in [0.25, 0.3) is 0 Å². The lowest BCUT2D eigenvalue weighted by Gasteiger charge is -2.32. The van der Waals surface area contributed by atoms with Gasteiger partial charge in [-0.2, -0.15) is 0 Å². The van der Waals surface area contributed by atoms with Gasteiger partial charge in [-0.05, 0) is 47.6 Å². The molecule has 0 amide bonds. The van der Waals surface area contributed by atoms with E-state index in [1.807, 2.05) is 27.7 Å². The van der Waals surface area contributed by atoms with Gasteiger partial charge in [0.25, 0.3) is 0 Å². The van der Waals surface area contributed by atoms with Gasteiger partial charge in [-0.3, -0.25) is 4.98 Å². The summed E-state index contributed by atoms with van der Waals surface area (Å²) in [6.07, 6.45) is 1.09. The highest BCUT2D eigenvalue weighted by atomic mass is 19.1. The molecule has 4 nitrogen and oxygen atoms in total. The number of hydrogen-bond acceptors (Lipinski definition) is 4. The molecule has 1 aliphatic heterocycles. The number of nitrogens with zero attached hydrogens (tertiary/aromatic N) is 1. The van der Waals surface area contributed by atoms with Crippen molar-refractivity contribution in [3.63, 3.8) is 0 Å². The van der Waals surface area contributed by atoms with Crippen LogP contribution >= 0.6 is 0 Å². The van der Waals surface area contributed by atoms with Gasteiger partial charge in [0.2, 0.25) is 0 Å². The number of hydrogen-bond donors (Lipinski definition) is 1. The maximum atomic E-state index is 13.5. The fourth-order valence-corrected chi connectivity index (χ4v) is 2.12. The molecule has 0 bridgehead atoms. The number of aromatic nitrogens is 1.